The summed E-state index contributed by atoms with van der Waals surface area (Å²) < 4.78 is 35.8. The van der Waals surface area contributed by atoms with Gasteiger partial charge in [-0.15, -0.1) is 0 Å². The van der Waals surface area contributed by atoms with E-state index in [-0.39, 0.29) is 4.90 Å². The number of nitrogens with one attached hydrogen (secondary N) is 1. The lowest BCUT2D eigenvalue weighted by Crippen LogP contribution is -2.13. The predicted octanol–water partition coefficient (Wildman–Crippen LogP) is 2.81. The number of benzene rings is 1. The zero-order chi connectivity index (χ0) is 15.0. The van der Waals surface area contributed by atoms with Gasteiger partial charge in [0, 0.05) is 6.54 Å². The highest BCUT2D eigenvalue weighted by Crippen LogP contribution is 2.18. The Bertz CT molecular complexity index is 521. The molecule has 0 spiro atoms. The van der Waals surface area contributed by atoms with Gasteiger partial charge in [-0.1, -0.05) is 12.8 Å². The molecule has 0 aromatic heterocycles. The van der Waals surface area contributed by atoms with Gasteiger partial charge in [-0.25, -0.2) is 17.9 Å². The van der Waals surface area contributed by atoms with E-state index >= 15 is 0 Å². The van der Waals surface area contributed by atoms with Crippen molar-refractivity contribution in [1.29, 1.82) is 0 Å². The summed E-state index contributed by atoms with van der Waals surface area (Å²) in [6.07, 6.45) is 6.54. The van der Waals surface area contributed by atoms with Crippen LogP contribution in [0.2, 0.25) is 0 Å². The Labute approximate surface area is 124 Å². The molecule has 114 valence electrons. The quantitative estimate of drug-likeness (QED) is 0.686. The first-order chi connectivity index (χ1) is 9.45. The number of unbranched alkanes of at least 4 members (excludes halogenated alkanes) is 3. The molecular formula is C13H21FN2O2S2. The third-order valence-corrected chi connectivity index (χ3v) is 4.47. The Morgan fingerprint density at radius 3 is 2.55 bits per heavy atom. The van der Waals surface area contributed by atoms with Crippen molar-refractivity contribution in [2.75, 3.05) is 23.9 Å². The van der Waals surface area contributed by atoms with Crippen LogP contribution in [0.25, 0.3) is 0 Å². The fourth-order valence-electron chi connectivity index (χ4n) is 1.76. The molecule has 0 atom stereocenters. The van der Waals surface area contributed by atoms with Gasteiger partial charge in [0.1, 0.15) is 5.82 Å². The van der Waals surface area contributed by atoms with Crippen LogP contribution in [-0.2, 0) is 10.0 Å². The number of nitrogens with two attached hydrogens (primary N) is 1. The summed E-state index contributed by atoms with van der Waals surface area (Å²) in [5.74, 6) is 0.579. The number of halogens is 1. The first-order valence-electron chi connectivity index (χ1n) is 6.50. The Balaban J connectivity index is 2.38. The molecule has 0 aliphatic rings. The molecule has 1 aromatic carbocycles. The van der Waals surface area contributed by atoms with Gasteiger partial charge in [-0.2, -0.15) is 11.8 Å². The second kappa shape index (κ2) is 8.49. The predicted molar refractivity (Wildman–Crippen MR) is 83.1 cm³/mol. The molecule has 0 amide bonds. The number of sulfonamides is 1. The highest BCUT2D eigenvalue weighted by Gasteiger charge is 2.11. The smallest absolute Gasteiger partial charge is 0.238 e. The van der Waals surface area contributed by atoms with E-state index in [1.807, 2.05) is 11.8 Å². The van der Waals surface area contributed by atoms with Crippen LogP contribution in [0.5, 0.6) is 0 Å². The van der Waals surface area contributed by atoms with Crippen LogP contribution >= 0.6 is 11.8 Å². The zero-order valence-corrected chi connectivity index (χ0v) is 13.2. The molecule has 20 heavy (non-hydrogen) atoms. The van der Waals surface area contributed by atoms with Gasteiger partial charge >= 0.3 is 0 Å². The fourth-order valence-corrected chi connectivity index (χ4v) is 2.78. The lowest BCUT2D eigenvalue weighted by atomic mass is 10.2. The van der Waals surface area contributed by atoms with Crippen LogP contribution in [0.15, 0.2) is 23.1 Å². The van der Waals surface area contributed by atoms with Crippen LogP contribution < -0.4 is 10.5 Å². The molecule has 0 fully saturated rings. The van der Waals surface area contributed by atoms with Gasteiger partial charge in [-0.3, -0.25) is 0 Å². The Morgan fingerprint density at radius 2 is 1.95 bits per heavy atom. The average Bonchev–Trinajstić information content (AvgIpc) is 2.38. The van der Waals surface area contributed by atoms with E-state index < -0.39 is 15.8 Å². The first kappa shape index (κ1) is 17.3. The van der Waals surface area contributed by atoms with Gasteiger partial charge in [0.25, 0.3) is 0 Å². The molecule has 0 saturated carbocycles. The highest BCUT2D eigenvalue weighted by atomic mass is 32.2. The van der Waals surface area contributed by atoms with E-state index in [9.17, 15) is 12.8 Å². The maximum atomic E-state index is 13.7. The standard InChI is InChI=1S/C13H21FN2O2S2/c1-19-9-5-3-2-4-8-16-13-7-6-11(10-12(13)14)20(15,17)18/h6-7,10,16H,2-5,8-9H2,1H3,(H2,15,17,18). The van der Waals surface area contributed by atoms with Gasteiger partial charge in [-0.05, 0) is 43.0 Å². The maximum absolute atomic E-state index is 13.7. The van der Waals surface area contributed by atoms with E-state index in [0.29, 0.717) is 12.2 Å². The van der Waals surface area contributed by atoms with Crippen LogP contribution in [-0.4, -0.2) is 27.0 Å². The topological polar surface area (TPSA) is 72.2 Å². The second-order valence-corrected chi connectivity index (χ2v) is 7.07. The number of anilines is 1. The van der Waals surface area contributed by atoms with Crippen molar-refractivity contribution < 1.29 is 12.8 Å². The van der Waals surface area contributed by atoms with Gasteiger partial charge < -0.3 is 5.32 Å². The van der Waals surface area contributed by atoms with E-state index in [0.717, 1.165) is 18.9 Å². The van der Waals surface area contributed by atoms with Crippen LogP contribution in [0.4, 0.5) is 10.1 Å². The number of rotatable bonds is 9. The molecule has 0 aliphatic carbocycles. The lowest BCUT2D eigenvalue weighted by Gasteiger charge is -2.08. The summed E-state index contributed by atoms with van der Waals surface area (Å²) in [6.45, 7) is 0.672. The second-order valence-electron chi connectivity index (χ2n) is 4.52. The largest absolute Gasteiger partial charge is 0.383 e. The molecule has 0 unspecified atom stereocenters. The van der Waals surface area contributed by atoms with Crippen LogP contribution in [0.1, 0.15) is 25.7 Å². The van der Waals surface area contributed by atoms with Crippen molar-refractivity contribution in [1.82, 2.24) is 0 Å². The molecule has 0 bridgehead atoms. The number of thioether (sulfide) groups is 1. The van der Waals surface area contributed by atoms with Gasteiger partial charge in [0.05, 0.1) is 10.6 Å². The Morgan fingerprint density at radius 1 is 1.25 bits per heavy atom. The molecule has 0 heterocycles. The summed E-state index contributed by atoms with van der Waals surface area (Å²) in [6, 6.07) is 3.65. The third kappa shape index (κ3) is 6.11. The molecule has 3 N–H and O–H groups in total. The summed E-state index contributed by atoms with van der Waals surface area (Å²) in [5.41, 5.74) is 0.307. The molecule has 7 heteroatoms. The number of hydrogen-bond acceptors (Lipinski definition) is 4. The normalized spacial score (nSPS) is 11.6. The van der Waals surface area contributed by atoms with E-state index in [1.54, 1.807) is 0 Å². The van der Waals surface area contributed by atoms with Crippen molar-refractivity contribution in [3.63, 3.8) is 0 Å². The molecule has 1 aromatic rings. The molecular weight excluding hydrogens is 299 g/mol. The van der Waals surface area contributed by atoms with Crippen molar-refractivity contribution in [3.8, 4) is 0 Å². The fraction of sp³-hybridized carbons (Fsp3) is 0.538. The molecule has 1 rings (SSSR count). The third-order valence-electron chi connectivity index (χ3n) is 2.86. The minimum Gasteiger partial charge on any atom is -0.383 e. The van der Waals surface area contributed by atoms with Crippen LogP contribution in [0.3, 0.4) is 0 Å². The van der Waals surface area contributed by atoms with E-state index in [4.69, 9.17) is 5.14 Å². The van der Waals surface area contributed by atoms with Gasteiger partial charge in [0.2, 0.25) is 10.0 Å². The van der Waals surface area contributed by atoms with Crippen molar-refractivity contribution in [2.45, 2.75) is 30.6 Å². The summed E-state index contributed by atoms with van der Waals surface area (Å²) in [7, 11) is -3.85. The lowest BCUT2D eigenvalue weighted by molar-refractivity contribution is 0.592. The number of hydrogen-bond donors (Lipinski definition) is 2. The Hall–Kier alpha value is -0.790. The molecule has 0 saturated heterocycles. The van der Waals surface area contributed by atoms with E-state index in [2.05, 4.69) is 11.6 Å². The van der Waals surface area contributed by atoms with Crippen LogP contribution in [0, 0.1) is 5.82 Å². The SMILES string of the molecule is CSCCCCCCNc1ccc(S(N)(=O)=O)cc1F. The van der Waals surface area contributed by atoms with Crippen molar-refractivity contribution in [3.05, 3.63) is 24.0 Å². The van der Waals surface area contributed by atoms with Crippen molar-refractivity contribution >= 4 is 27.5 Å². The van der Waals surface area contributed by atoms with Gasteiger partial charge in [0.15, 0.2) is 0 Å². The molecule has 0 aliphatic heterocycles. The summed E-state index contributed by atoms with van der Waals surface area (Å²) in [4.78, 5) is -0.211. The Kier molecular flexibility index (Phi) is 7.32. The maximum Gasteiger partial charge on any atom is 0.238 e. The zero-order valence-electron chi connectivity index (χ0n) is 11.6. The molecule has 0 radical (unpaired) electrons. The first-order valence-corrected chi connectivity index (χ1v) is 9.44. The average molecular weight is 320 g/mol. The monoisotopic (exact) mass is 320 g/mol. The summed E-state index contributed by atoms with van der Waals surface area (Å²) in [5, 5.41) is 7.91. The minimum absolute atomic E-state index is 0.211. The van der Waals surface area contributed by atoms with E-state index in [1.165, 1.54) is 30.7 Å². The summed E-state index contributed by atoms with van der Waals surface area (Å²) >= 11 is 1.84. The van der Waals surface area contributed by atoms with Crippen molar-refractivity contribution in [2.24, 2.45) is 5.14 Å². The number of primary sulfonamides is 1. The minimum atomic E-state index is -3.85. The highest BCUT2D eigenvalue weighted by molar-refractivity contribution is 7.98. The molecule has 4 nitrogen and oxygen atoms in total.